The first kappa shape index (κ1) is 11.2. The van der Waals surface area contributed by atoms with E-state index in [0.29, 0.717) is 12.6 Å². The van der Waals surface area contributed by atoms with Gasteiger partial charge in [0.15, 0.2) is 0 Å². The molecule has 4 nitrogen and oxygen atoms in total. The average molecular weight is 221 g/mol. The largest absolute Gasteiger partial charge is 0.495 e. The minimum atomic E-state index is 0.629. The summed E-state index contributed by atoms with van der Waals surface area (Å²) >= 11 is 0. The van der Waals surface area contributed by atoms with Crippen LogP contribution in [0.3, 0.4) is 0 Å². The lowest BCUT2D eigenvalue weighted by Gasteiger charge is -2.38. The minimum absolute atomic E-state index is 0.629. The first-order valence-electron chi connectivity index (χ1n) is 5.82. The highest BCUT2D eigenvalue weighted by Gasteiger charge is 2.25. The van der Waals surface area contributed by atoms with Crippen LogP contribution in [0.15, 0.2) is 18.3 Å². The van der Waals surface area contributed by atoms with Crippen molar-refractivity contribution in [3.05, 3.63) is 18.3 Å². The Morgan fingerprint density at radius 2 is 2.31 bits per heavy atom. The number of hydrogen-bond acceptors (Lipinski definition) is 4. The molecule has 2 N–H and O–H groups in total. The first-order chi connectivity index (χ1) is 7.85. The number of pyridine rings is 1. The molecule has 0 amide bonds. The Bertz CT molecular complexity index is 322. The van der Waals surface area contributed by atoms with Crippen molar-refractivity contribution in [1.29, 1.82) is 0 Å². The third-order valence-corrected chi connectivity index (χ3v) is 3.14. The Labute approximate surface area is 96.4 Å². The molecule has 0 aromatic carbocycles. The molecule has 0 bridgehead atoms. The molecule has 0 atom stereocenters. The lowest BCUT2D eigenvalue weighted by atomic mass is 9.91. The third kappa shape index (κ3) is 2.27. The predicted octanol–water partition coefficient (Wildman–Crippen LogP) is 1.41. The normalized spacial score (nSPS) is 15.6. The summed E-state index contributed by atoms with van der Waals surface area (Å²) in [5.41, 5.74) is 5.65. The molecule has 88 valence electrons. The van der Waals surface area contributed by atoms with E-state index in [1.807, 2.05) is 12.1 Å². The lowest BCUT2D eigenvalue weighted by Crippen LogP contribution is -2.43. The van der Waals surface area contributed by atoms with Gasteiger partial charge in [-0.25, -0.2) is 4.98 Å². The Balaban J connectivity index is 2.10. The maximum absolute atomic E-state index is 5.65. The van der Waals surface area contributed by atoms with Gasteiger partial charge in [-0.2, -0.15) is 0 Å². The summed E-state index contributed by atoms with van der Waals surface area (Å²) in [6.45, 7) is 1.55. The van der Waals surface area contributed by atoms with Gasteiger partial charge in [0.1, 0.15) is 11.6 Å². The number of rotatable bonds is 5. The van der Waals surface area contributed by atoms with Gasteiger partial charge < -0.3 is 15.4 Å². The van der Waals surface area contributed by atoms with Crippen LogP contribution in [0.5, 0.6) is 5.75 Å². The molecule has 1 heterocycles. The zero-order valence-corrected chi connectivity index (χ0v) is 9.72. The number of aromatic nitrogens is 1. The van der Waals surface area contributed by atoms with Crippen molar-refractivity contribution in [1.82, 2.24) is 4.98 Å². The molecule has 1 aliphatic rings. The van der Waals surface area contributed by atoms with E-state index in [1.165, 1.54) is 19.3 Å². The molecule has 1 saturated carbocycles. The zero-order chi connectivity index (χ0) is 11.4. The van der Waals surface area contributed by atoms with Crippen LogP contribution < -0.4 is 15.4 Å². The van der Waals surface area contributed by atoms with Crippen LogP contribution in [0.4, 0.5) is 5.82 Å². The van der Waals surface area contributed by atoms with Crippen molar-refractivity contribution < 1.29 is 4.74 Å². The standard InChI is InChI=1S/C12H19N3O/c1-16-11-5-6-12(14-9-11)15(8-7-13)10-3-2-4-10/h5-6,9-10H,2-4,7-8,13H2,1H3. The van der Waals surface area contributed by atoms with E-state index in [2.05, 4.69) is 9.88 Å². The van der Waals surface area contributed by atoms with Gasteiger partial charge in [-0.3, -0.25) is 0 Å². The molecular weight excluding hydrogens is 202 g/mol. The maximum atomic E-state index is 5.65. The number of nitrogens with zero attached hydrogens (tertiary/aromatic N) is 2. The Hall–Kier alpha value is -1.29. The molecule has 0 radical (unpaired) electrons. The van der Waals surface area contributed by atoms with Gasteiger partial charge in [-0.05, 0) is 31.4 Å². The van der Waals surface area contributed by atoms with Crippen LogP contribution in [0.1, 0.15) is 19.3 Å². The summed E-state index contributed by atoms with van der Waals surface area (Å²) in [7, 11) is 1.65. The van der Waals surface area contributed by atoms with Crippen LogP contribution >= 0.6 is 0 Å². The molecule has 0 spiro atoms. The third-order valence-electron chi connectivity index (χ3n) is 3.14. The lowest BCUT2D eigenvalue weighted by molar-refractivity contribution is 0.385. The summed E-state index contributed by atoms with van der Waals surface area (Å²) < 4.78 is 5.10. The van der Waals surface area contributed by atoms with Crippen molar-refractivity contribution in [2.75, 3.05) is 25.1 Å². The monoisotopic (exact) mass is 221 g/mol. The van der Waals surface area contributed by atoms with E-state index in [0.717, 1.165) is 18.1 Å². The number of nitrogens with two attached hydrogens (primary N) is 1. The molecule has 16 heavy (non-hydrogen) atoms. The predicted molar refractivity (Wildman–Crippen MR) is 64.8 cm³/mol. The van der Waals surface area contributed by atoms with Gasteiger partial charge in [0.25, 0.3) is 0 Å². The molecule has 4 heteroatoms. The summed E-state index contributed by atoms with van der Waals surface area (Å²) in [6.07, 6.45) is 5.60. The van der Waals surface area contributed by atoms with Gasteiger partial charge in [-0.1, -0.05) is 0 Å². The van der Waals surface area contributed by atoms with E-state index in [1.54, 1.807) is 13.3 Å². The molecule has 1 aromatic rings. The average Bonchev–Trinajstić information content (AvgIpc) is 2.26. The number of hydrogen-bond donors (Lipinski definition) is 1. The maximum Gasteiger partial charge on any atom is 0.137 e. The summed E-state index contributed by atoms with van der Waals surface area (Å²) in [5.74, 6) is 1.81. The fourth-order valence-electron chi connectivity index (χ4n) is 1.98. The van der Waals surface area contributed by atoms with Gasteiger partial charge in [-0.15, -0.1) is 0 Å². The second-order valence-corrected chi connectivity index (χ2v) is 4.12. The van der Waals surface area contributed by atoms with E-state index in [4.69, 9.17) is 10.5 Å². The van der Waals surface area contributed by atoms with Crippen molar-refractivity contribution in [3.8, 4) is 5.75 Å². The summed E-state index contributed by atoms with van der Waals surface area (Å²) in [6, 6.07) is 4.58. The summed E-state index contributed by atoms with van der Waals surface area (Å²) in [4.78, 5) is 6.73. The number of methoxy groups -OCH3 is 1. The number of anilines is 1. The first-order valence-corrected chi connectivity index (χ1v) is 5.82. The van der Waals surface area contributed by atoms with Crippen LogP contribution in [0, 0.1) is 0 Å². The highest BCUT2D eigenvalue weighted by atomic mass is 16.5. The smallest absolute Gasteiger partial charge is 0.137 e. The van der Waals surface area contributed by atoms with Crippen LogP contribution in [0.2, 0.25) is 0 Å². The van der Waals surface area contributed by atoms with Gasteiger partial charge in [0, 0.05) is 19.1 Å². The molecule has 1 aromatic heterocycles. The molecule has 0 unspecified atom stereocenters. The topological polar surface area (TPSA) is 51.4 Å². The molecule has 1 aliphatic carbocycles. The van der Waals surface area contributed by atoms with Crippen LogP contribution in [-0.2, 0) is 0 Å². The Morgan fingerprint density at radius 3 is 2.75 bits per heavy atom. The quantitative estimate of drug-likeness (QED) is 0.816. The van der Waals surface area contributed by atoms with E-state index >= 15 is 0 Å². The van der Waals surface area contributed by atoms with Gasteiger partial charge in [0.2, 0.25) is 0 Å². The minimum Gasteiger partial charge on any atom is -0.495 e. The Kier molecular flexibility index (Phi) is 3.62. The van der Waals surface area contributed by atoms with Crippen molar-refractivity contribution >= 4 is 5.82 Å². The van der Waals surface area contributed by atoms with Crippen molar-refractivity contribution in [2.45, 2.75) is 25.3 Å². The summed E-state index contributed by atoms with van der Waals surface area (Å²) in [5, 5.41) is 0. The fraction of sp³-hybridized carbons (Fsp3) is 0.583. The fourth-order valence-corrected chi connectivity index (χ4v) is 1.98. The zero-order valence-electron chi connectivity index (χ0n) is 9.72. The van der Waals surface area contributed by atoms with Crippen molar-refractivity contribution in [3.63, 3.8) is 0 Å². The molecule has 0 saturated heterocycles. The molecule has 0 aliphatic heterocycles. The highest BCUT2D eigenvalue weighted by molar-refractivity contribution is 5.42. The van der Waals surface area contributed by atoms with E-state index in [9.17, 15) is 0 Å². The SMILES string of the molecule is COc1ccc(N(CCN)C2CCC2)nc1. The number of ether oxygens (including phenoxy) is 1. The molecule has 1 fully saturated rings. The molecule has 2 rings (SSSR count). The second kappa shape index (κ2) is 5.16. The molecular formula is C12H19N3O. The van der Waals surface area contributed by atoms with Crippen molar-refractivity contribution in [2.24, 2.45) is 5.73 Å². The van der Waals surface area contributed by atoms with Gasteiger partial charge >= 0.3 is 0 Å². The highest BCUT2D eigenvalue weighted by Crippen LogP contribution is 2.28. The van der Waals surface area contributed by atoms with Crippen LogP contribution in [0.25, 0.3) is 0 Å². The van der Waals surface area contributed by atoms with Gasteiger partial charge in [0.05, 0.1) is 13.3 Å². The second-order valence-electron chi connectivity index (χ2n) is 4.12. The van der Waals surface area contributed by atoms with E-state index in [-0.39, 0.29) is 0 Å². The van der Waals surface area contributed by atoms with E-state index < -0.39 is 0 Å². The van der Waals surface area contributed by atoms with Crippen LogP contribution in [-0.4, -0.2) is 31.2 Å². The Morgan fingerprint density at radius 1 is 1.50 bits per heavy atom.